The van der Waals surface area contributed by atoms with Crippen molar-refractivity contribution in [3.05, 3.63) is 153 Å². The Morgan fingerprint density at radius 1 is 0.607 bits per heavy atom. The van der Waals surface area contributed by atoms with Gasteiger partial charge in [-0.2, -0.15) is 0 Å². The Morgan fingerprint density at radius 2 is 0.982 bits per heavy atom. The van der Waals surface area contributed by atoms with Gasteiger partial charge < -0.3 is 40.2 Å². The standard InChI is InChI=1S/2C21H25ClN2.C4H4O4/c2*1-21(2)14-24(11-10-23-21)20-13-18(15-6-4-3-5-7-15)17-9-8-16(22)12-19(17)20;5-3(6)1-2-4(7)8/h2*3-9,12,18,20,23H,10-11,13-14H2,1-2H3;1-2H,(H,5,6)(H,7,8)/b;;2-1-/t2*18-,20+;/m00./s1. The summed E-state index contributed by atoms with van der Waals surface area (Å²) in [6, 6.07) is 36.0. The molecule has 0 amide bonds. The number of fused-ring (bicyclic) bond motifs is 2. The molecule has 2 fully saturated rings. The van der Waals surface area contributed by atoms with Gasteiger partial charge in [0.05, 0.1) is 49.2 Å². The summed E-state index contributed by atoms with van der Waals surface area (Å²) >= 11 is 12.7. The monoisotopic (exact) mass is 796 g/mol. The van der Waals surface area contributed by atoms with Gasteiger partial charge in [-0.15, -0.1) is 0 Å². The lowest BCUT2D eigenvalue weighted by atomic mass is 9.93. The van der Waals surface area contributed by atoms with Crippen LogP contribution in [0.15, 0.2) is 109 Å². The van der Waals surface area contributed by atoms with Crippen molar-refractivity contribution < 1.29 is 29.6 Å². The van der Waals surface area contributed by atoms with Gasteiger partial charge in [-0.3, -0.25) is 0 Å². The van der Waals surface area contributed by atoms with Crippen LogP contribution in [0.3, 0.4) is 0 Å². The normalized spacial score (nSPS) is 25.8. The number of rotatable bonds is 6. The van der Waals surface area contributed by atoms with Crippen LogP contribution in [0.25, 0.3) is 0 Å². The smallest absolute Gasteiger partial charge is 0.114 e. The van der Waals surface area contributed by atoms with Gasteiger partial charge in [0.15, 0.2) is 0 Å². The number of piperazine rings is 2. The molecule has 8 nitrogen and oxygen atoms in total. The molecule has 2 aliphatic carbocycles. The van der Waals surface area contributed by atoms with Gasteiger partial charge in [-0.05, 0) is 86.4 Å². The van der Waals surface area contributed by atoms with Gasteiger partial charge >= 0.3 is 0 Å². The fourth-order valence-electron chi connectivity index (χ4n) is 9.37. The molecule has 56 heavy (non-hydrogen) atoms. The molecule has 2 heterocycles. The summed E-state index contributed by atoms with van der Waals surface area (Å²) in [6.45, 7) is 16.1. The molecule has 0 aromatic heterocycles. The van der Waals surface area contributed by atoms with E-state index in [1.165, 1.54) is 59.3 Å². The molecule has 296 valence electrons. The number of carboxylic acid groups (broad SMARTS) is 2. The Bertz CT molecular complexity index is 1860. The maximum atomic E-state index is 9.41. The zero-order chi connectivity index (χ0) is 40.0. The molecular weight excluding hydrogens is 743 g/mol. The highest BCUT2D eigenvalue weighted by molar-refractivity contribution is 6.31. The van der Waals surface area contributed by atoms with E-state index in [2.05, 4.69) is 135 Å². The van der Waals surface area contributed by atoms with Gasteiger partial charge in [-0.25, -0.2) is 0 Å². The summed E-state index contributed by atoms with van der Waals surface area (Å²) in [6.07, 6.45) is 3.14. The van der Waals surface area contributed by atoms with Crippen LogP contribution in [0.2, 0.25) is 10.0 Å². The number of carbonyl (C=O) groups excluding carboxylic acids is 2. The van der Waals surface area contributed by atoms with Gasteiger partial charge in [0.25, 0.3) is 0 Å². The second-order valence-corrected chi connectivity index (χ2v) is 17.7. The number of carboxylic acids is 2. The van der Waals surface area contributed by atoms with E-state index < -0.39 is 11.9 Å². The number of halogens is 2. The third-order valence-electron chi connectivity index (χ3n) is 11.7. The zero-order valence-electron chi connectivity index (χ0n) is 32.7. The molecule has 4 N–H and O–H groups in total. The van der Waals surface area contributed by atoms with Gasteiger partial charge in [-0.1, -0.05) is 96.0 Å². The van der Waals surface area contributed by atoms with Crippen molar-refractivity contribution in [2.75, 3.05) is 39.3 Å². The minimum absolute atomic E-state index is 0.206. The third-order valence-corrected chi connectivity index (χ3v) is 12.2. The first-order valence-corrected chi connectivity index (χ1v) is 20.4. The molecule has 2 aliphatic heterocycles. The molecule has 4 aromatic rings. The lowest BCUT2D eigenvalue weighted by Crippen LogP contribution is -3.16. The molecule has 0 radical (unpaired) electrons. The van der Waals surface area contributed by atoms with Crippen molar-refractivity contribution in [3.63, 3.8) is 0 Å². The largest absolute Gasteiger partial charge is 0.545 e. The van der Waals surface area contributed by atoms with E-state index in [-0.39, 0.29) is 11.1 Å². The molecule has 4 aliphatic rings. The first kappa shape index (κ1) is 41.6. The maximum Gasteiger partial charge on any atom is 0.114 e. The van der Waals surface area contributed by atoms with E-state index in [1.807, 2.05) is 0 Å². The Kier molecular flexibility index (Phi) is 13.4. The van der Waals surface area contributed by atoms with Crippen LogP contribution in [-0.2, 0) is 9.59 Å². The van der Waals surface area contributed by atoms with Gasteiger partial charge in [0.2, 0.25) is 0 Å². The second-order valence-electron chi connectivity index (χ2n) is 16.8. The van der Waals surface area contributed by atoms with Crippen LogP contribution in [-0.4, -0.2) is 62.3 Å². The highest BCUT2D eigenvalue weighted by Crippen LogP contribution is 2.45. The fourth-order valence-corrected chi connectivity index (χ4v) is 9.74. The van der Waals surface area contributed by atoms with Crippen LogP contribution in [0.5, 0.6) is 0 Å². The van der Waals surface area contributed by atoms with Crippen LogP contribution in [0.4, 0.5) is 0 Å². The van der Waals surface area contributed by atoms with Crippen molar-refractivity contribution in [1.82, 2.24) is 10.6 Å². The minimum atomic E-state index is -1.55. The van der Waals surface area contributed by atoms with E-state index in [0.717, 1.165) is 36.2 Å². The summed E-state index contributed by atoms with van der Waals surface area (Å²) in [5.74, 6) is -2.11. The quantitative estimate of drug-likeness (QED) is 0.223. The predicted molar refractivity (Wildman–Crippen MR) is 219 cm³/mol. The van der Waals surface area contributed by atoms with Crippen LogP contribution in [0.1, 0.15) is 97.8 Å². The third kappa shape index (κ3) is 10.5. The average Bonchev–Trinajstić information content (AvgIpc) is 3.73. The molecule has 0 saturated carbocycles. The molecule has 0 spiro atoms. The van der Waals surface area contributed by atoms with Crippen LogP contribution >= 0.6 is 23.2 Å². The number of aliphatic carboxylic acids is 2. The first-order chi connectivity index (χ1) is 26.7. The Balaban J connectivity index is 0.000000160. The minimum Gasteiger partial charge on any atom is -0.545 e. The van der Waals surface area contributed by atoms with Crippen molar-refractivity contribution in [3.8, 4) is 0 Å². The van der Waals surface area contributed by atoms with Crippen molar-refractivity contribution in [2.24, 2.45) is 0 Å². The lowest BCUT2D eigenvalue weighted by molar-refractivity contribution is -0.938. The molecule has 2 unspecified atom stereocenters. The van der Waals surface area contributed by atoms with E-state index in [4.69, 9.17) is 23.2 Å². The molecule has 10 heteroatoms. The van der Waals surface area contributed by atoms with E-state index in [1.54, 1.807) is 9.80 Å². The Hall–Kier alpha value is -4.02. The number of hydrogen-bond acceptors (Lipinski definition) is 6. The summed E-state index contributed by atoms with van der Waals surface area (Å²) < 4.78 is 0. The Labute approximate surface area is 341 Å². The average molecular weight is 798 g/mol. The molecule has 8 rings (SSSR count). The summed E-state index contributed by atoms with van der Waals surface area (Å²) in [5, 5.41) is 27.8. The predicted octanol–water partition coefficient (Wildman–Crippen LogP) is 3.41. The summed E-state index contributed by atoms with van der Waals surface area (Å²) in [7, 11) is 0. The molecular formula is C46H54Cl2N4O4. The highest BCUT2D eigenvalue weighted by atomic mass is 35.5. The van der Waals surface area contributed by atoms with E-state index in [0.29, 0.717) is 36.1 Å². The first-order valence-electron chi connectivity index (χ1n) is 19.7. The van der Waals surface area contributed by atoms with Crippen LogP contribution < -0.4 is 30.6 Å². The lowest BCUT2D eigenvalue weighted by Gasteiger charge is -2.39. The highest BCUT2D eigenvalue weighted by Gasteiger charge is 2.43. The van der Waals surface area contributed by atoms with Gasteiger partial charge in [0.1, 0.15) is 12.1 Å². The number of quaternary nitrogens is 2. The Morgan fingerprint density at radius 3 is 1.32 bits per heavy atom. The number of nitrogens with one attached hydrogen (secondary N) is 4. The number of hydrogen-bond donors (Lipinski definition) is 4. The number of benzene rings is 4. The summed E-state index contributed by atoms with van der Waals surface area (Å²) in [5.41, 5.74) is 9.13. The molecule has 0 bridgehead atoms. The van der Waals surface area contributed by atoms with E-state index >= 15 is 0 Å². The van der Waals surface area contributed by atoms with Crippen molar-refractivity contribution in [1.29, 1.82) is 0 Å². The molecule has 2 saturated heterocycles. The number of carbonyl (C=O) groups is 2. The maximum absolute atomic E-state index is 9.41. The molecule has 6 atom stereocenters. The SMILES string of the molecule is CC1(C)C[NH+]([C@@H]2C[C@@H](c3ccccc3)c3ccc(Cl)cc32)CCN1.CC1(C)C[NH+]([C@@H]2C[C@@H](c3ccccc3)c3ccc(Cl)cc32)CCN1.O=C([O-])/C=C\C(=O)[O-]. The van der Waals surface area contributed by atoms with Gasteiger partial charge in [0, 0.05) is 58.9 Å². The molecule has 4 aromatic carbocycles. The fraction of sp³-hybridized carbons (Fsp3) is 0.391. The van der Waals surface area contributed by atoms with Crippen molar-refractivity contribution in [2.45, 2.75) is 75.5 Å². The zero-order valence-corrected chi connectivity index (χ0v) is 34.3. The topological polar surface area (TPSA) is 113 Å². The second kappa shape index (κ2) is 18.1. The van der Waals surface area contributed by atoms with Crippen molar-refractivity contribution >= 4 is 35.1 Å². The van der Waals surface area contributed by atoms with E-state index in [9.17, 15) is 19.8 Å². The summed E-state index contributed by atoms with van der Waals surface area (Å²) in [4.78, 5) is 22.2. The van der Waals surface area contributed by atoms with Crippen LogP contribution in [0, 0.1) is 0 Å².